The molecule has 2 fully saturated rings. The molecule has 5 heteroatoms. The summed E-state index contributed by atoms with van der Waals surface area (Å²) in [6.45, 7) is 0.915. The second-order valence-corrected chi connectivity index (χ2v) is 8.53. The van der Waals surface area contributed by atoms with Crippen LogP contribution < -0.4 is 10.1 Å². The van der Waals surface area contributed by atoms with Crippen LogP contribution >= 0.6 is 0 Å². The number of fused-ring (bicyclic) bond motifs is 1. The fourth-order valence-electron chi connectivity index (χ4n) is 4.70. The van der Waals surface area contributed by atoms with E-state index in [2.05, 4.69) is 34.6 Å². The number of aromatic nitrogens is 3. The predicted octanol–water partition coefficient (Wildman–Crippen LogP) is 5.14. The van der Waals surface area contributed by atoms with E-state index in [1.54, 1.807) is 0 Å². The molecule has 152 valence electrons. The third kappa shape index (κ3) is 4.30. The summed E-state index contributed by atoms with van der Waals surface area (Å²) in [6, 6.07) is 13.3. The number of nitrogens with one attached hydrogen (secondary N) is 1. The van der Waals surface area contributed by atoms with E-state index in [4.69, 9.17) is 9.84 Å². The lowest BCUT2D eigenvalue weighted by atomic mass is 9.98. The van der Waals surface area contributed by atoms with Crippen molar-refractivity contribution in [2.45, 2.75) is 76.5 Å². The molecule has 2 saturated carbocycles. The maximum Gasteiger partial charge on any atom is 0.232 e. The number of nitrogens with zero attached hydrogens (tertiary/aromatic N) is 3. The van der Waals surface area contributed by atoms with Crippen LogP contribution in [0.5, 0.6) is 5.88 Å². The minimum absolute atomic E-state index is 0.297. The van der Waals surface area contributed by atoms with E-state index >= 15 is 0 Å². The maximum absolute atomic E-state index is 6.17. The molecule has 0 amide bonds. The topological polar surface area (TPSA) is 51.5 Å². The SMILES string of the molecule is c1cc(CNC2CCCC2)cc(-c2cnc3ccc(OC4CCCCC4)nn23)c1. The van der Waals surface area contributed by atoms with Crippen molar-refractivity contribution in [1.82, 2.24) is 19.9 Å². The third-order valence-electron chi connectivity index (χ3n) is 6.35. The van der Waals surface area contributed by atoms with E-state index in [9.17, 15) is 0 Å². The van der Waals surface area contributed by atoms with Crippen molar-refractivity contribution in [3.8, 4) is 17.1 Å². The minimum Gasteiger partial charge on any atom is -0.473 e. The fourth-order valence-corrected chi connectivity index (χ4v) is 4.70. The molecule has 5 rings (SSSR count). The summed E-state index contributed by atoms with van der Waals surface area (Å²) in [4.78, 5) is 4.55. The number of benzene rings is 1. The Kier molecular flexibility index (Phi) is 5.48. The Labute approximate surface area is 172 Å². The number of hydrogen-bond acceptors (Lipinski definition) is 4. The van der Waals surface area contributed by atoms with Crippen LogP contribution in [-0.2, 0) is 6.54 Å². The van der Waals surface area contributed by atoms with Crippen LogP contribution in [0.25, 0.3) is 16.9 Å². The van der Waals surface area contributed by atoms with Gasteiger partial charge in [0.2, 0.25) is 5.88 Å². The van der Waals surface area contributed by atoms with Gasteiger partial charge in [0.15, 0.2) is 5.65 Å². The molecule has 0 unspecified atom stereocenters. The second kappa shape index (κ2) is 8.54. The standard InChI is InChI=1S/C24H30N4O/c1-2-11-21(12-3-1)29-24-14-13-23-26-17-22(28(23)27-24)19-8-6-7-18(15-19)16-25-20-9-4-5-10-20/h6-8,13-15,17,20-21,25H,1-5,9-12,16H2. The van der Waals surface area contributed by atoms with Crippen molar-refractivity contribution < 1.29 is 4.74 Å². The molecule has 0 atom stereocenters. The van der Waals surface area contributed by atoms with Crippen molar-refractivity contribution in [2.75, 3.05) is 0 Å². The zero-order valence-corrected chi connectivity index (χ0v) is 17.0. The van der Waals surface area contributed by atoms with E-state index in [1.807, 2.05) is 22.8 Å². The Balaban J connectivity index is 1.36. The summed E-state index contributed by atoms with van der Waals surface area (Å²) in [5.41, 5.74) is 4.31. The Morgan fingerprint density at radius 3 is 2.66 bits per heavy atom. The van der Waals surface area contributed by atoms with Gasteiger partial charge in [0.25, 0.3) is 0 Å². The van der Waals surface area contributed by atoms with Gasteiger partial charge in [-0.25, -0.2) is 9.50 Å². The molecule has 0 spiro atoms. The highest BCUT2D eigenvalue weighted by atomic mass is 16.5. The minimum atomic E-state index is 0.297. The number of imidazole rings is 1. The van der Waals surface area contributed by atoms with E-state index < -0.39 is 0 Å². The number of ether oxygens (including phenoxy) is 1. The van der Waals surface area contributed by atoms with Crippen molar-refractivity contribution in [1.29, 1.82) is 0 Å². The molecular weight excluding hydrogens is 360 g/mol. The molecular formula is C24H30N4O. The van der Waals surface area contributed by atoms with E-state index in [0.717, 1.165) is 36.3 Å². The van der Waals surface area contributed by atoms with Crippen LogP contribution in [0.2, 0.25) is 0 Å². The van der Waals surface area contributed by atoms with Gasteiger partial charge in [-0.15, -0.1) is 5.10 Å². The first-order valence-corrected chi connectivity index (χ1v) is 11.2. The molecule has 5 nitrogen and oxygen atoms in total. The molecule has 29 heavy (non-hydrogen) atoms. The molecule has 0 saturated heterocycles. The van der Waals surface area contributed by atoms with Gasteiger partial charge < -0.3 is 10.1 Å². The second-order valence-electron chi connectivity index (χ2n) is 8.53. The van der Waals surface area contributed by atoms with Crippen LogP contribution in [0.3, 0.4) is 0 Å². The van der Waals surface area contributed by atoms with E-state index in [0.29, 0.717) is 18.0 Å². The lowest BCUT2D eigenvalue weighted by Crippen LogP contribution is -2.25. The van der Waals surface area contributed by atoms with Crippen LogP contribution in [0, 0.1) is 0 Å². The van der Waals surface area contributed by atoms with E-state index in [-0.39, 0.29) is 0 Å². The van der Waals surface area contributed by atoms with Crippen molar-refractivity contribution >= 4 is 5.65 Å². The van der Waals surface area contributed by atoms with Crippen molar-refractivity contribution in [3.05, 3.63) is 48.2 Å². The predicted molar refractivity (Wildman–Crippen MR) is 115 cm³/mol. The molecule has 2 aliphatic carbocycles. The largest absolute Gasteiger partial charge is 0.473 e. The van der Waals surface area contributed by atoms with Gasteiger partial charge in [-0.3, -0.25) is 0 Å². The summed E-state index contributed by atoms with van der Waals surface area (Å²) < 4.78 is 8.09. The van der Waals surface area contributed by atoms with E-state index in [1.165, 1.54) is 50.5 Å². The average Bonchev–Trinajstić information content (AvgIpc) is 3.43. The van der Waals surface area contributed by atoms with Crippen LogP contribution in [-0.4, -0.2) is 26.7 Å². The van der Waals surface area contributed by atoms with Crippen molar-refractivity contribution in [3.63, 3.8) is 0 Å². The van der Waals surface area contributed by atoms with Crippen LogP contribution in [0.4, 0.5) is 0 Å². The Hall–Kier alpha value is -2.40. The normalized spacial score (nSPS) is 18.5. The summed E-state index contributed by atoms with van der Waals surface area (Å²) in [6.07, 6.45) is 13.6. The monoisotopic (exact) mass is 390 g/mol. The molecule has 0 aliphatic heterocycles. The number of hydrogen-bond donors (Lipinski definition) is 1. The van der Waals surface area contributed by atoms with Crippen molar-refractivity contribution in [2.24, 2.45) is 0 Å². The third-order valence-corrected chi connectivity index (χ3v) is 6.35. The van der Waals surface area contributed by atoms with Gasteiger partial charge in [0.05, 0.1) is 11.9 Å². The van der Waals surface area contributed by atoms with Crippen LogP contribution in [0.1, 0.15) is 63.4 Å². The zero-order chi connectivity index (χ0) is 19.5. The summed E-state index contributed by atoms with van der Waals surface area (Å²) in [5.74, 6) is 0.697. The Morgan fingerprint density at radius 2 is 1.79 bits per heavy atom. The van der Waals surface area contributed by atoms with Gasteiger partial charge in [-0.05, 0) is 56.2 Å². The molecule has 2 aromatic heterocycles. The zero-order valence-electron chi connectivity index (χ0n) is 17.0. The highest BCUT2D eigenvalue weighted by Gasteiger charge is 2.17. The van der Waals surface area contributed by atoms with Gasteiger partial charge in [-0.2, -0.15) is 0 Å². The molecule has 0 bridgehead atoms. The highest BCUT2D eigenvalue weighted by Crippen LogP contribution is 2.25. The molecule has 0 radical (unpaired) electrons. The molecule has 3 aromatic rings. The van der Waals surface area contributed by atoms with Crippen LogP contribution in [0.15, 0.2) is 42.6 Å². The summed E-state index contributed by atoms with van der Waals surface area (Å²) >= 11 is 0. The van der Waals surface area contributed by atoms with Gasteiger partial charge in [0, 0.05) is 24.2 Å². The quantitative estimate of drug-likeness (QED) is 0.633. The molecule has 2 heterocycles. The molecule has 2 aliphatic rings. The van der Waals surface area contributed by atoms with Gasteiger partial charge in [-0.1, -0.05) is 37.5 Å². The Bertz CT molecular complexity index is 954. The summed E-state index contributed by atoms with van der Waals surface area (Å²) in [7, 11) is 0. The molecule has 1 N–H and O–H groups in total. The highest BCUT2D eigenvalue weighted by molar-refractivity contribution is 5.63. The Morgan fingerprint density at radius 1 is 0.966 bits per heavy atom. The summed E-state index contributed by atoms with van der Waals surface area (Å²) in [5, 5.41) is 8.46. The smallest absolute Gasteiger partial charge is 0.232 e. The first kappa shape index (κ1) is 18.6. The average molecular weight is 391 g/mol. The first-order valence-electron chi connectivity index (χ1n) is 11.2. The lowest BCUT2D eigenvalue weighted by molar-refractivity contribution is 0.147. The first-order chi connectivity index (χ1) is 14.3. The molecule has 1 aromatic carbocycles. The van der Waals surface area contributed by atoms with Gasteiger partial charge >= 0.3 is 0 Å². The van der Waals surface area contributed by atoms with Gasteiger partial charge in [0.1, 0.15) is 6.10 Å². The number of rotatable bonds is 6. The fraction of sp³-hybridized carbons (Fsp3) is 0.500. The maximum atomic E-state index is 6.17. The lowest BCUT2D eigenvalue weighted by Gasteiger charge is -2.22.